The molecule has 3 heteroatoms. The summed E-state index contributed by atoms with van der Waals surface area (Å²) >= 11 is 0. The van der Waals surface area contributed by atoms with Gasteiger partial charge in [0.1, 0.15) is 11.6 Å². The molecule has 0 aliphatic rings. The molecule has 0 aliphatic heterocycles. The third-order valence-electron chi connectivity index (χ3n) is 3.17. The fourth-order valence-electron chi connectivity index (χ4n) is 2.13. The maximum absolute atomic E-state index is 12.9. The number of ether oxygens (including phenoxy) is 1. The molecule has 19 heavy (non-hydrogen) atoms. The van der Waals surface area contributed by atoms with Crippen LogP contribution in [-0.4, -0.2) is 7.11 Å². The number of rotatable bonds is 4. The molecule has 0 saturated heterocycles. The van der Waals surface area contributed by atoms with Crippen LogP contribution in [-0.2, 0) is 6.42 Å². The minimum absolute atomic E-state index is 0.170. The molecule has 0 amide bonds. The topological polar surface area (TPSA) is 35.2 Å². The Hall–Kier alpha value is -1.87. The zero-order chi connectivity index (χ0) is 13.8. The zero-order valence-electron chi connectivity index (χ0n) is 11.2. The van der Waals surface area contributed by atoms with Gasteiger partial charge in [-0.05, 0) is 42.7 Å². The number of hydrogen-bond donors (Lipinski definition) is 1. The highest BCUT2D eigenvalue weighted by Gasteiger charge is 2.11. The van der Waals surface area contributed by atoms with E-state index in [0.717, 1.165) is 16.9 Å². The van der Waals surface area contributed by atoms with Gasteiger partial charge in [0.25, 0.3) is 0 Å². The van der Waals surface area contributed by atoms with E-state index in [0.29, 0.717) is 6.42 Å². The van der Waals surface area contributed by atoms with Gasteiger partial charge in [0.2, 0.25) is 0 Å². The molecule has 1 atom stereocenters. The van der Waals surface area contributed by atoms with Crippen LogP contribution in [0.25, 0.3) is 0 Å². The van der Waals surface area contributed by atoms with E-state index in [9.17, 15) is 4.39 Å². The first-order chi connectivity index (χ1) is 9.10. The second-order valence-corrected chi connectivity index (χ2v) is 4.68. The first-order valence-corrected chi connectivity index (χ1v) is 6.24. The molecule has 0 radical (unpaired) electrons. The summed E-state index contributed by atoms with van der Waals surface area (Å²) in [7, 11) is 1.65. The van der Waals surface area contributed by atoms with Gasteiger partial charge in [0.05, 0.1) is 7.11 Å². The normalized spacial score (nSPS) is 12.2. The minimum Gasteiger partial charge on any atom is -0.496 e. The summed E-state index contributed by atoms with van der Waals surface area (Å²) in [6.07, 6.45) is 0.663. The molecule has 2 aromatic rings. The van der Waals surface area contributed by atoms with Gasteiger partial charge in [0.15, 0.2) is 0 Å². The van der Waals surface area contributed by atoms with Crippen LogP contribution in [0.5, 0.6) is 5.75 Å². The van der Waals surface area contributed by atoms with Gasteiger partial charge in [-0.3, -0.25) is 0 Å². The second kappa shape index (κ2) is 5.85. The highest BCUT2D eigenvalue weighted by molar-refractivity contribution is 5.38. The summed E-state index contributed by atoms with van der Waals surface area (Å²) in [5.74, 6) is 0.590. The Bertz CT molecular complexity index is 551. The van der Waals surface area contributed by atoms with Gasteiger partial charge in [-0.15, -0.1) is 0 Å². The van der Waals surface area contributed by atoms with Crippen LogP contribution in [0.15, 0.2) is 42.5 Å². The minimum atomic E-state index is -0.246. The van der Waals surface area contributed by atoms with Crippen molar-refractivity contribution in [3.63, 3.8) is 0 Å². The van der Waals surface area contributed by atoms with Gasteiger partial charge in [-0.2, -0.15) is 0 Å². The SMILES string of the molecule is COc1ccc(C)cc1CC(N)c1ccc(F)cc1. The Morgan fingerprint density at radius 2 is 1.84 bits per heavy atom. The average Bonchev–Trinajstić information content (AvgIpc) is 2.39. The largest absolute Gasteiger partial charge is 0.496 e. The van der Waals surface area contributed by atoms with Crippen molar-refractivity contribution < 1.29 is 9.13 Å². The molecule has 100 valence electrons. The van der Waals surface area contributed by atoms with Gasteiger partial charge < -0.3 is 10.5 Å². The summed E-state index contributed by atoms with van der Waals surface area (Å²) in [6, 6.07) is 12.2. The van der Waals surface area contributed by atoms with Gasteiger partial charge in [-0.25, -0.2) is 4.39 Å². The summed E-state index contributed by atoms with van der Waals surface area (Å²) in [6.45, 7) is 2.03. The molecule has 0 spiro atoms. The van der Waals surface area contributed by atoms with Crippen molar-refractivity contribution in [3.8, 4) is 5.75 Å². The third kappa shape index (κ3) is 3.32. The van der Waals surface area contributed by atoms with Crippen molar-refractivity contribution in [3.05, 3.63) is 65.0 Å². The van der Waals surface area contributed by atoms with Gasteiger partial charge >= 0.3 is 0 Å². The lowest BCUT2D eigenvalue weighted by molar-refractivity contribution is 0.408. The average molecular weight is 259 g/mol. The summed E-state index contributed by atoms with van der Waals surface area (Å²) < 4.78 is 18.2. The van der Waals surface area contributed by atoms with Crippen molar-refractivity contribution >= 4 is 0 Å². The van der Waals surface area contributed by atoms with E-state index < -0.39 is 0 Å². The molecule has 2 rings (SSSR count). The molecule has 0 saturated carbocycles. The maximum atomic E-state index is 12.9. The number of methoxy groups -OCH3 is 1. The number of halogens is 1. The maximum Gasteiger partial charge on any atom is 0.123 e. The molecule has 0 bridgehead atoms. The Balaban J connectivity index is 2.20. The van der Waals surface area contributed by atoms with E-state index in [-0.39, 0.29) is 11.9 Å². The van der Waals surface area contributed by atoms with E-state index in [1.165, 1.54) is 17.7 Å². The highest BCUT2D eigenvalue weighted by Crippen LogP contribution is 2.25. The first kappa shape index (κ1) is 13.6. The lowest BCUT2D eigenvalue weighted by Crippen LogP contribution is -2.14. The molecule has 0 fully saturated rings. The fourth-order valence-corrected chi connectivity index (χ4v) is 2.13. The van der Waals surface area contributed by atoms with Crippen LogP contribution in [0, 0.1) is 12.7 Å². The molecule has 0 aliphatic carbocycles. The Morgan fingerprint density at radius 1 is 1.16 bits per heavy atom. The van der Waals surface area contributed by atoms with Crippen LogP contribution >= 0.6 is 0 Å². The van der Waals surface area contributed by atoms with Crippen LogP contribution < -0.4 is 10.5 Å². The first-order valence-electron chi connectivity index (χ1n) is 6.24. The standard InChI is InChI=1S/C16H18FNO/c1-11-3-8-16(19-2)13(9-11)10-15(18)12-4-6-14(17)7-5-12/h3-9,15H,10,18H2,1-2H3. The molecule has 0 heterocycles. The molecule has 2 nitrogen and oxygen atoms in total. The molecule has 1 unspecified atom stereocenters. The smallest absolute Gasteiger partial charge is 0.123 e. The fraction of sp³-hybridized carbons (Fsp3) is 0.250. The summed E-state index contributed by atoms with van der Waals surface area (Å²) in [4.78, 5) is 0. The van der Waals surface area contributed by atoms with Crippen LogP contribution in [0.1, 0.15) is 22.7 Å². The Kier molecular flexibility index (Phi) is 4.17. The van der Waals surface area contributed by atoms with E-state index in [2.05, 4.69) is 6.07 Å². The Labute approximate surface area is 113 Å². The van der Waals surface area contributed by atoms with Crippen molar-refractivity contribution in [1.82, 2.24) is 0 Å². The van der Waals surface area contributed by atoms with Crippen LogP contribution in [0.4, 0.5) is 4.39 Å². The predicted molar refractivity (Wildman–Crippen MR) is 74.8 cm³/mol. The van der Waals surface area contributed by atoms with E-state index in [1.54, 1.807) is 19.2 Å². The number of nitrogens with two attached hydrogens (primary N) is 1. The summed E-state index contributed by atoms with van der Waals surface area (Å²) in [5, 5.41) is 0. The van der Waals surface area contributed by atoms with Gasteiger partial charge in [-0.1, -0.05) is 29.8 Å². The third-order valence-corrected chi connectivity index (χ3v) is 3.17. The van der Waals surface area contributed by atoms with E-state index >= 15 is 0 Å². The molecule has 2 aromatic carbocycles. The summed E-state index contributed by atoms with van der Waals surface area (Å²) in [5.41, 5.74) is 9.33. The zero-order valence-corrected chi connectivity index (χ0v) is 11.2. The Morgan fingerprint density at radius 3 is 2.47 bits per heavy atom. The lowest BCUT2D eigenvalue weighted by atomic mass is 9.98. The van der Waals surface area contributed by atoms with Crippen molar-refractivity contribution in [1.29, 1.82) is 0 Å². The molecular formula is C16H18FNO. The van der Waals surface area contributed by atoms with Crippen molar-refractivity contribution in [2.75, 3.05) is 7.11 Å². The number of hydrogen-bond acceptors (Lipinski definition) is 2. The van der Waals surface area contributed by atoms with E-state index in [1.807, 2.05) is 19.1 Å². The van der Waals surface area contributed by atoms with Crippen molar-refractivity contribution in [2.45, 2.75) is 19.4 Å². The van der Waals surface area contributed by atoms with Crippen molar-refractivity contribution in [2.24, 2.45) is 5.73 Å². The lowest BCUT2D eigenvalue weighted by Gasteiger charge is -2.15. The van der Waals surface area contributed by atoms with Gasteiger partial charge in [0, 0.05) is 6.04 Å². The molecular weight excluding hydrogens is 241 g/mol. The quantitative estimate of drug-likeness (QED) is 0.913. The number of benzene rings is 2. The molecule has 2 N–H and O–H groups in total. The number of aryl methyl sites for hydroxylation is 1. The van der Waals surface area contributed by atoms with Crippen LogP contribution in [0.3, 0.4) is 0 Å². The van der Waals surface area contributed by atoms with E-state index in [4.69, 9.17) is 10.5 Å². The highest BCUT2D eigenvalue weighted by atomic mass is 19.1. The molecule has 0 aromatic heterocycles. The van der Waals surface area contributed by atoms with Crippen LogP contribution in [0.2, 0.25) is 0 Å². The second-order valence-electron chi connectivity index (χ2n) is 4.68. The predicted octanol–water partition coefficient (Wildman–Crippen LogP) is 3.39. The monoisotopic (exact) mass is 259 g/mol.